The van der Waals surface area contributed by atoms with E-state index >= 15 is 0 Å². The molecule has 0 saturated carbocycles. The molecule has 26 heavy (non-hydrogen) atoms. The monoisotopic (exact) mass is 490 g/mol. The highest BCUT2D eigenvalue weighted by atomic mass is 127. The van der Waals surface area contributed by atoms with Crippen molar-refractivity contribution in [1.29, 1.82) is 0 Å². The highest BCUT2D eigenvalue weighted by Gasteiger charge is 2.24. The van der Waals surface area contributed by atoms with Crippen molar-refractivity contribution in [2.45, 2.75) is 46.1 Å². The SMILES string of the molecule is CCNC(=NCc1ncc(CC)s1)NCC(C)(C)c1ccccc1F.I. The summed E-state index contributed by atoms with van der Waals surface area (Å²) in [4.78, 5) is 10.3. The molecule has 4 nitrogen and oxygen atoms in total. The molecule has 0 atom stereocenters. The van der Waals surface area contributed by atoms with Crippen LogP contribution in [0.5, 0.6) is 0 Å². The van der Waals surface area contributed by atoms with Crippen LogP contribution in [0, 0.1) is 5.82 Å². The van der Waals surface area contributed by atoms with Gasteiger partial charge in [0.15, 0.2) is 5.96 Å². The Labute approximate surface area is 176 Å². The van der Waals surface area contributed by atoms with Gasteiger partial charge in [-0.2, -0.15) is 0 Å². The third-order valence-corrected chi connectivity index (χ3v) is 5.09. The Kier molecular flexibility index (Phi) is 9.49. The molecule has 1 aromatic heterocycles. The van der Waals surface area contributed by atoms with Gasteiger partial charge in [0.2, 0.25) is 0 Å². The Morgan fingerprint density at radius 3 is 2.58 bits per heavy atom. The molecule has 0 spiro atoms. The predicted octanol–water partition coefficient (Wildman–Crippen LogP) is 4.50. The average Bonchev–Trinajstić information content (AvgIpc) is 3.06. The Morgan fingerprint density at radius 2 is 1.96 bits per heavy atom. The molecular formula is C19H28FIN4S. The number of guanidine groups is 1. The van der Waals surface area contributed by atoms with Gasteiger partial charge in [0.05, 0.1) is 6.54 Å². The number of aromatic nitrogens is 1. The van der Waals surface area contributed by atoms with E-state index < -0.39 is 0 Å². The fourth-order valence-corrected chi connectivity index (χ4v) is 3.27. The summed E-state index contributed by atoms with van der Waals surface area (Å²) in [6, 6.07) is 6.92. The highest BCUT2D eigenvalue weighted by Crippen LogP contribution is 2.24. The first kappa shape index (κ1) is 22.8. The maximum atomic E-state index is 14.1. The van der Waals surface area contributed by atoms with Crippen LogP contribution in [0.15, 0.2) is 35.5 Å². The molecule has 0 amide bonds. The topological polar surface area (TPSA) is 49.3 Å². The van der Waals surface area contributed by atoms with Crippen LogP contribution in [-0.2, 0) is 18.4 Å². The molecule has 7 heteroatoms. The number of hydrogen-bond donors (Lipinski definition) is 2. The smallest absolute Gasteiger partial charge is 0.191 e. The molecule has 1 aromatic carbocycles. The van der Waals surface area contributed by atoms with Crippen molar-refractivity contribution in [2.75, 3.05) is 13.1 Å². The van der Waals surface area contributed by atoms with Crippen LogP contribution >= 0.6 is 35.3 Å². The minimum atomic E-state index is -0.349. The lowest BCUT2D eigenvalue weighted by Crippen LogP contribution is -2.43. The van der Waals surface area contributed by atoms with Crippen LogP contribution in [-0.4, -0.2) is 24.0 Å². The Bertz CT molecular complexity index is 715. The lowest BCUT2D eigenvalue weighted by atomic mass is 9.84. The van der Waals surface area contributed by atoms with Gasteiger partial charge in [-0.3, -0.25) is 0 Å². The van der Waals surface area contributed by atoms with Crippen LogP contribution in [0.1, 0.15) is 43.1 Å². The number of rotatable bonds is 7. The molecule has 1 heterocycles. The zero-order valence-corrected chi connectivity index (χ0v) is 19.0. The van der Waals surface area contributed by atoms with E-state index in [2.05, 4.69) is 27.5 Å². The molecule has 2 rings (SSSR count). The van der Waals surface area contributed by atoms with Gasteiger partial charge in [-0.1, -0.05) is 39.0 Å². The number of hydrogen-bond acceptors (Lipinski definition) is 3. The average molecular weight is 490 g/mol. The van der Waals surface area contributed by atoms with E-state index in [-0.39, 0.29) is 35.2 Å². The second kappa shape index (κ2) is 10.8. The Morgan fingerprint density at radius 1 is 1.23 bits per heavy atom. The highest BCUT2D eigenvalue weighted by molar-refractivity contribution is 14.0. The van der Waals surface area contributed by atoms with E-state index in [9.17, 15) is 4.39 Å². The number of aliphatic imine (C=N–C) groups is 1. The van der Waals surface area contributed by atoms with Crippen molar-refractivity contribution in [1.82, 2.24) is 15.6 Å². The van der Waals surface area contributed by atoms with Gasteiger partial charge in [0.1, 0.15) is 10.8 Å². The van der Waals surface area contributed by atoms with Gasteiger partial charge in [0.25, 0.3) is 0 Å². The molecule has 0 saturated heterocycles. The maximum absolute atomic E-state index is 14.1. The summed E-state index contributed by atoms with van der Waals surface area (Å²) >= 11 is 1.69. The minimum absolute atomic E-state index is 0. The second-order valence-electron chi connectivity index (χ2n) is 6.49. The molecule has 2 N–H and O–H groups in total. The summed E-state index contributed by atoms with van der Waals surface area (Å²) in [5, 5.41) is 7.56. The van der Waals surface area contributed by atoms with Crippen molar-refractivity contribution < 1.29 is 4.39 Å². The standard InChI is InChI=1S/C19H27FN4S.HI/c1-5-14-11-22-17(25-14)12-23-18(21-6-2)24-13-19(3,4)15-9-7-8-10-16(15)20;/h7-11H,5-6,12-13H2,1-4H3,(H2,21,23,24);1H. The molecule has 0 aliphatic heterocycles. The first-order valence-corrected chi connectivity index (χ1v) is 9.48. The zero-order valence-electron chi connectivity index (χ0n) is 15.8. The first-order valence-electron chi connectivity index (χ1n) is 8.67. The van der Waals surface area contributed by atoms with Crippen molar-refractivity contribution in [3.05, 3.63) is 51.7 Å². The van der Waals surface area contributed by atoms with Crippen molar-refractivity contribution in [3.63, 3.8) is 0 Å². The van der Waals surface area contributed by atoms with Crippen molar-refractivity contribution >= 4 is 41.3 Å². The Balaban J connectivity index is 0.00000338. The van der Waals surface area contributed by atoms with Gasteiger partial charge in [-0.05, 0) is 25.0 Å². The quantitative estimate of drug-likeness (QED) is 0.342. The van der Waals surface area contributed by atoms with Gasteiger partial charge in [-0.15, -0.1) is 35.3 Å². The summed E-state index contributed by atoms with van der Waals surface area (Å²) in [5.74, 6) is 0.547. The number of halogens is 2. The fourth-order valence-electron chi connectivity index (χ4n) is 2.48. The number of nitrogens with one attached hydrogen (secondary N) is 2. The van der Waals surface area contributed by atoms with Gasteiger partial charge < -0.3 is 10.6 Å². The van der Waals surface area contributed by atoms with Crippen LogP contribution < -0.4 is 10.6 Å². The van der Waals surface area contributed by atoms with E-state index in [1.165, 1.54) is 10.9 Å². The van der Waals surface area contributed by atoms with E-state index in [0.29, 0.717) is 18.7 Å². The third-order valence-electron chi connectivity index (χ3n) is 3.97. The molecule has 0 bridgehead atoms. The van der Waals surface area contributed by atoms with Gasteiger partial charge in [0, 0.05) is 29.6 Å². The first-order chi connectivity index (χ1) is 12.0. The van der Waals surface area contributed by atoms with Gasteiger partial charge >= 0.3 is 0 Å². The van der Waals surface area contributed by atoms with E-state index in [4.69, 9.17) is 0 Å². The van der Waals surface area contributed by atoms with E-state index in [1.54, 1.807) is 17.4 Å². The van der Waals surface area contributed by atoms with Crippen molar-refractivity contribution in [2.24, 2.45) is 4.99 Å². The van der Waals surface area contributed by atoms with E-state index in [1.807, 2.05) is 39.1 Å². The maximum Gasteiger partial charge on any atom is 0.191 e. The molecule has 0 aliphatic rings. The Hall–Kier alpha value is -1.22. The molecule has 0 fully saturated rings. The summed E-state index contributed by atoms with van der Waals surface area (Å²) in [7, 11) is 0. The predicted molar refractivity (Wildman–Crippen MR) is 119 cm³/mol. The molecule has 144 valence electrons. The van der Waals surface area contributed by atoms with E-state index in [0.717, 1.165) is 23.9 Å². The lowest BCUT2D eigenvalue weighted by molar-refractivity contribution is 0.473. The molecule has 0 unspecified atom stereocenters. The molecule has 2 aromatic rings. The summed E-state index contributed by atoms with van der Waals surface area (Å²) < 4.78 is 14.1. The zero-order chi connectivity index (χ0) is 18.3. The largest absolute Gasteiger partial charge is 0.357 e. The van der Waals surface area contributed by atoms with Gasteiger partial charge in [-0.25, -0.2) is 14.4 Å². The summed E-state index contributed by atoms with van der Waals surface area (Å²) in [6.07, 6.45) is 2.91. The minimum Gasteiger partial charge on any atom is -0.357 e. The molecular weight excluding hydrogens is 462 g/mol. The van der Waals surface area contributed by atoms with Crippen molar-refractivity contribution in [3.8, 4) is 0 Å². The molecule has 0 radical (unpaired) electrons. The fraction of sp³-hybridized carbons (Fsp3) is 0.474. The summed E-state index contributed by atoms with van der Waals surface area (Å²) in [5.41, 5.74) is 0.351. The van der Waals surface area contributed by atoms with Crippen LogP contribution in [0.3, 0.4) is 0 Å². The third kappa shape index (κ3) is 6.50. The second-order valence-corrected chi connectivity index (χ2v) is 7.69. The summed E-state index contributed by atoms with van der Waals surface area (Å²) in [6.45, 7) is 10.1. The number of benzene rings is 1. The van der Waals surface area contributed by atoms with Crippen LogP contribution in [0.25, 0.3) is 0 Å². The number of aryl methyl sites for hydroxylation is 1. The number of nitrogens with zero attached hydrogens (tertiary/aromatic N) is 2. The lowest BCUT2D eigenvalue weighted by Gasteiger charge is -2.27. The molecule has 0 aliphatic carbocycles. The van der Waals surface area contributed by atoms with Crippen LogP contribution in [0.4, 0.5) is 4.39 Å². The normalized spacial score (nSPS) is 11.8. The van der Waals surface area contributed by atoms with Crippen LogP contribution in [0.2, 0.25) is 0 Å². The number of thiazole rings is 1.